The first-order valence-corrected chi connectivity index (χ1v) is 13.0. The molecule has 0 bridgehead atoms. The lowest BCUT2D eigenvalue weighted by Gasteiger charge is -2.24. The average Bonchev–Trinajstić information content (AvgIpc) is 2.80. The number of carbonyl (C=O) groups is 2. The summed E-state index contributed by atoms with van der Waals surface area (Å²) in [5.74, 6) is -1.93. The Labute approximate surface area is 207 Å². The number of nitrogens with zero attached hydrogens (tertiary/aromatic N) is 1. The standard InChI is InChI=1S/C27H39ClF3NO2/c1-2-3-4-5-6-7-8-9-10-11-12-13-14-15-16-17-21-32(26(34)27(29,30)31)24-20-18-19-23(22-24)25(28)33/h9-10,18-20,22H,2-8,11-17,21H2,1H3. The van der Waals surface area contributed by atoms with E-state index in [0.29, 0.717) is 11.3 Å². The van der Waals surface area contributed by atoms with Crippen molar-refractivity contribution in [1.82, 2.24) is 0 Å². The summed E-state index contributed by atoms with van der Waals surface area (Å²) in [6, 6.07) is 5.43. The number of hydrogen-bond acceptors (Lipinski definition) is 2. The van der Waals surface area contributed by atoms with Crippen LogP contribution in [-0.2, 0) is 4.79 Å². The van der Waals surface area contributed by atoms with Gasteiger partial charge in [0.15, 0.2) is 0 Å². The predicted octanol–water partition coefficient (Wildman–Crippen LogP) is 9.00. The van der Waals surface area contributed by atoms with Crippen LogP contribution in [0.3, 0.4) is 0 Å². The maximum Gasteiger partial charge on any atom is 0.471 e. The summed E-state index contributed by atoms with van der Waals surface area (Å²) in [5.41, 5.74) is 0.0849. The van der Waals surface area contributed by atoms with Crippen LogP contribution in [0.1, 0.15) is 107 Å². The zero-order valence-corrected chi connectivity index (χ0v) is 21.1. The molecule has 3 nitrogen and oxygen atoms in total. The van der Waals surface area contributed by atoms with Crippen LogP contribution in [0.4, 0.5) is 18.9 Å². The first-order valence-electron chi connectivity index (χ1n) is 12.6. The first kappa shape index (κ1) is 30.2. The van der Waals surface area contributed by atoms with Crippen molar-refractivity contribution in [1.29, 1.82) is 0 Å². The molecule has 0 fully saturated rings. The fourth-order valence-electron chi connectivity index (χ4n) is 3.81. The molecule has 1 amide bonds. The molecule has 1 rings (SSSR count). The summed E-state index contributed by atoms with van der Waals surface area (Å²) in [4.78, 5) is 23.9. The van der Waals surface area contributed by atoms with Crippen molar-refractivity contribution in [2.45, 2.75) is 103 Å². The van der Waals surface area contributed by atoms with Gasteiger partial charge in [-0.3, -0.25) is 9.59 Å². The minimum Gasteiger partial charge on any atom is -0.305 e. The SMILES string of the molecule is CCCCCCCCC=CCCCCCCCCN(C(=O)C(F)(F)F)c1cccc(C(=O)Cl)c1. The fourth-order valence-corrected chi connectivity index (χ4v) is 3.93. The molecule has 0 saturated heterocycles. The van der Waals surface area contributed by atoms with E-state index in [-0.39, 0.29) is 17.8 Å². The zero-order valence-electron chi connectivity index (χ0n) is 20.3. The third kappa shape index (κ3) is 13.2. The number of hydrogen-bond donors (Lipinski definition) is 0. The van der Waals surface area contributed by atoms with Gasteiger partial charge < -0.3 is 4.90 Å². The Kier molecular flexibility index (Phi) is 15.6. The van der Waals surface area contributed by atoms with Crippen molar-refractivity contribution < 1.29 is 22.8 Å². The molecule has 7 heteroatoms. The van der Waals surface area contributed by atoms with Gasteiger partial charge in [0.2, 0.25) is 0 Å². The van der Waals surface area contributed by atoms with Gasteiger partial charge >= 0.3 is 12.1 Å². The van der Waals surface area contributed by atoms with Crippen LogP contribution in [0.25, 0.3) is 0 Å². The van der Waals surface area contributed by atoms with Crippen molar-refractivity contribution >= 4 is 28.4 Å². The molecule has 0 aliphatic rings. The van der Waals surface area contributed by atoms with Crippen LogP contribution in [0.5, 0.6) is 0 Å². The van der Waals surface area contributed by atoms with Crippen LogP contribution in [0.15, 0.2) is 36.4 Å². The van der Waals surface area contributed by atoms with Crippen molar-refractivity contribution in [2.75, 3.05) is 11.4 Å². The third-order valence-corrected chi connectivity index (χ3v) is 5.98. The quantitative estimate of drug-likeness (QED) is 0.114. The van der Waals surface area contributed by atoms with Gasteiger partial charge in [-0.1, -0.05) is 82.9 Å². The molecule has 0 saturated carbocycles. The van der Waals surface area contributed by atoms with Crippen LogP contribution in [0.2, 0.25) is 0 Å². The highest BCUT2D eigenvalue weighted by atomic mass is 35.5. The molecule has 192 valence electrons. The molecule has 0 spiro atoms. The minimum atomic E-state index is -4.98. The summed E-state index contributed by atoms with van der Waals surface area (Å²) in [7, 11) is 0. The largest absolute Gasteiger partial charge is 0.471 e. The summed E-state index contributed by atoms with van der Waals surface area (Å²) < 4.78 is 39.2. The van der Waals surface area contributed by atoms with E-state index in [2.05, 4.69) is 19.1 Å². The van der Waals surface area contributed by atoms with E-state index in [1.54, 1.807) is 0 Å². The summed E-state index contributed by atoms with van der Waals surface area (Å²) in [6.07, 6.45) is 15.0. The van der Waals surface area contributed by atoms with Crippen molar-refractivity contribution in [3.05, 3.63) is 42.0 Å². The Bertz CT molecular complexity index is 750. The minimum absolute atomic E-state index is 0.0292. The summed E-state index contributed by atoms with van der Waals surface area (Å²) >= 11 is 5.43. The van der Waals surface area contributed by atoms with Crippen LogP contribution in [-0.4, -0.2) is 23.9 Å². The third-order valence-electron chi connectivity index (χ3n) is 5.77. The van der Waals surface area contributed by atoms with Gasteiger partial charge in [-0.25, -0.2) is 0 Å². The zero-order chi connectivity index (χ0) is 25.2. The van der Waals surface area contributed by atoms with Crippen LogP contribution < -0.4 is 4.90 Å². The summed E-state index contributed by atoms with van der Waals surface area (Å²) in [6.45, 7) is 2.17. The van der Waals surface area contributed by atoms with E-state index in [4.69, 9.17) is 11.6 Å². The van der Waals surface area contributed by atoms with E-state index in [1.165, 1.54) is 62.8 Å². The highest BCUT2D eigenvalue weighted by molar-refractivity contribution is 6.67. The highest BCUT2D eigenvalue weighted by Crippen LogP contribution is 2.25. The number of unbranched alkanes of at least 4 members (excludes halogenated alkanes) is 12. The smallest absolute Gasteiger partial charge is 0.305 e. The van der Waals surface area contributed by atoms with Gasteiger partial charge in [0.25, 0.3) is 5.24 Å². The molecule has 0 unspecified atom stereocenters. The van der Waals surface area contributed by atoms with E-state index < -0.39 is 17.3 Å². The molecule has 34 heavy (non-hydrogen) atoms. The number of rotatable bonds is 18. The lowest BCUT2D eigenvalue weighted by Crippen LogP contribution is -2.42. The molecule has 0 heterocycles. The Hall–Kier alpha value is -1.82. The number of amides is 1. The number of carbonyl (C=O) groups excluding carboxylic acids is 2. The van der Waals surface area contributed by atoms with E-state index in [0.717, 1.165) is 44.9 Å². The topological polar surface area (TPSA) is 37.4 Å². The molecule has 0 radical (unpaired) electrons. The second-order valence-corrected chi connectivity index (χ2v) is 9.06. The summed E-state index contributed by atoms with van der Waals surface area (Å²) in [5, 5.41) is -0.779. The maximum absolute atomic E-state index is 13.1. The number of alkyl halides is 3. The van der Waals surface area contributed by atoms with Crippen LogP contribution in [0, 0.1) is 0 Å². The Morgan fingerprint density at radius 3 is 1.91 bits per heavy atom. The second kappa shape index (κ2) is 17.6. The van der Waals surface area contributed by atoms with E-state index >= 15 is 0 Å². The monoisotopic (exact) mass is 501 g/mol. The van der Waals surface area contributed by atoms with Gasteiger partial charge in [-0.2, -0.15) is 13.2 Å². The molecule has 1 aromatic rings. The van der Waals surface area contributed by atoms with E-state index in [9.17, 15) is 22.8 Å². The highest BCUT2D eigenvalue weighted by Gasteiger charge is 2.42. The van der Waals surface area contributed by atoms with Crippen molar-refractivity contribution in [3.63, 3.8) is 0 Å². The van der Waals surface area contributed by atoms with Gasteiger partial charge in [0, 0.05) is 17.8 Å². The average molecular weight is 502 g/mol. The number of halogens is 4. The molecule has 0 aromatic heterocycles. The van der Waals surface area contributed by atoms with Crippen molar-refractivity contribution in [3.8, 4) is 0 Å². The van der Waals surface area contributed by atoms with Gasteiger partial charge in [0.1, 0.15) is 0 Å². The second-order valence-electron chi connectivity index (χ2n) is 8.72. The number of allylic oxidation sites excluding steroid dienone is 2. The van der Waals surface area contributed by atoms with E-state index in [1.807, 2.05) is 0 Å². The fraction of sp³-hybridized carbons (Fsp3) is 0.630. The lowest BCUT2D eigenvalue weighted by molar-refractivity contribution is -0.170. The molecular formula is C27H39ClF3NO2. The normalized spacial score (nSPS) is 11.8. The Balaban J connectivity index is 2.26. The Morgan fingerprint density at radius 2 is 1.38 bits per heavy atom. The van der Waals surface area contributed by atoms with Crippen molar-refractivity contribution in [2.24, 2.45) is 0 Å². The molecule has 1 aromatic carbocycles. The van der Waals surface area contributed by atoms with Gasteiger partial charge in [-0.05, 0) is 61.9 Å². The molecule has 0 N–H and O–H groups in total. The van der Waals surface area contributed by atoms with Gasteiger partial charge in [-0.15, -0.1) is 0 Å². The molecule has 0 atom stereocenters. The predicted molar refractivity (Wildman–Crippen MR) is 134 cm³/mol. The van der Waals surface area contributed by atoms with Crippen LogP contribution >= 0.6 is 11.6 Å². The number of anilines is 1. The van der Waals surface area contributed by atoms with Gasteiger partial charge in [0.05, 0.1) is 0 Å². The number of benzene rings is 1. The lowest BCUT2D eigenvalue weighted by atomic mass is 10.1. The maximum atomic E-state index is 13.1. The molecule has 0 aliphatic carbocycles. The first-order chi connectivity index (χ1) is 16.3. The molecule has 0 aliphatic heterocycles. The Morgan fingerprint density at radius 1 is 0.853 bits per heavy atom. The molecular weight excluding hydrogens is 463 g/mol.